The summed E-state index contributed by atoms with van der Waals surface area (Å²) >= 11 is 0. The smallest absolute Gasteiger partial charge is 0.228 e. The molecule has 0 aliphatic carbocycles. The van der Waals surface area contributed by atoms with Gasteiger partial charge in [-0.1, -0.05) is 6.07 Å². The van der Waals surface area contributed by atoms with Gasteiger partial charge in [0, 0.05) is 17.5 Å². The fourth-order valence-corrected chi connectivity index (χ4v) is 1.91. The first kappa shape index (κ1) is 8.17. The summed E-state index contributed by atoms with van der Waals surface area (Å²) in [5, 5.41) is 12.5. The number of pyridine rings is 1. The van der Waals surface area contributed by atoms with Crippen LogP contribution >= 0.6 is 0 Å². The van der Waals surface area contributed by atoms with E-state index < -0.39 is 0 Å². The molecule has 1 aromatic carbocycles. The van der Waals surface area contributed by atoms with Gasteiger partial charge in [-0.15, -0.1) is 0 Å². The monoisotopic (exact) mass is 197 g/mol. The molecule has 72 valence electrons. The number of hydrogen-bond donors (Lipinski definition) is 0. The fraction of sp³-hybridized carbons (Fsp3) is 0. The minimum atomic E-state index is -0.274. The molecule has 0 unspecified atom stereocenters. The molecule has 3 heteroatoms. The predicted molar refractivity (Wildman–Crippen MR) is 52.7 cm³/mol. The van der Waals surface area contributed by atoms with E-state index in [0.29, 0.717) is 11.1 Å². The minimum absolute atomic E-state index is 0.211. The van der Waals surface area contributed by atoms with Gasteiger partial charge in [0.2, 0.25) is 5.52 Å². The Hall–Kier alpha value is -2.16. The van der Waals surface area contributed by atoms with Crippen LogP contribution in [0.25, 0.3) is 16.8 Å². The van der Waals surface area contributed by atoms with Gasteiger partial charge in [-0.05, 0) is 18.2 Å². The van der Waals surface area contributed by atoms with E-state index in [2.05, 4.69) is 0 Å². The normalized spacial score (nSPS) is 14.1. The fourth-order valence-electron chi connectivity index (χ4n) is 1.91. The van der Waals surface area contributed by atoms with Crippen molar-refractivity contribution in [2.75, 3.05) is 0 Å². The van der Waals surface area contributed by atoms with Crippen LogP contribution in [-0.2, 0) is 0 Å². The van der Waals surface area contributed by atoms with E-state index in [0.717, 1.165) is 11.5 Å². The summed E-state index contributed by atoms with van der Waals surface area (Å²) in [6, 6.07) is 9.14. The third-order valence-electron chi connectivity index (χ3n) is 2.58. The summed E-state index contributed by atoms with van der Waals surface area (Å²) in [6.45, 7) is 0. The molecule has 0 amide bonds. The van der Waals surface area contributed by atoms with Crippen LogP contribution < -0.4 is 9.67 Å². The molecule has 1 aliphatic rings. The van der Waals surface area contributed by atoms with Gasteiger partial charge in [0.25, 0.3) is 0 Å². The van der Waals surface area contributed by atoms with Crippen molar-refractivity contribution < 1.29 is 14.5 Å². The summed E-state index contributed by atoms with van der Waals surface area (Å²) in [7, 11) is 0. The molecule has 0 saturated heterocycles. The molecule has 1 aliphatic heterocycles. The van der Waals surface area contributed by atoms with Crippen LogP contribution in [0, 0.1) is 0 Å². The van der Waals surface area contributed by atoms with E-state index in [-0.39, 0.29) is 11.7 Å². The van der Waals surface area contributed by atoms with Gasteiger partial charge in [0.15, 0.2) is 17.9 Å². The lowest BCUT2D eigenvalue weighted by molar-refractivity contribution is -0.629. The molecule has 0 N–H and O–H groups in total. The first-order valence-electron chi connectivity index (χ1n) is 4.64. The maximum Gasteiger partial charge on any atom is 0.228 e. The number of nitrogens with zero attached hydrogens (tertiary/aromatic N) is 1. The Morgan fingerprint density at radius 3 is 2.80 bits per heavy atom. The summed E-state index contributed by atoms with van der Waals surface area (Å²) in [6.07, 6.45) is 2.80. The van der Waals surface area contributed by atoms with E-state index in [1.807, 2.05) is 18.2 Å². The van der Waals surface area contributed by atoms with Gasteiger partial charge >= 0.3 is 0 Å². The first-order valence-corrected chi connectivity index (χ1v) is 4.64. The van der Waals surface area contributed by atoms with Crippen molar-refractivity contribution in [3.05, 3.63) is 48.2 Å². The molecule has 3 rings (SSSR count). The van der Waals surface area contributed by atoms with E-state index in [4.69, 9.17) is 0 Å². The lowest BCUT2D eigenvalue weighted by atomic mass is 10.0. The Kier molecular flexibility index (Phi) is 1.45. The number of allylic oxidation sites excluding steroid dienone is 1. The zero-order valence-electron chi connectivity index (χ0n) is 7.81. The number of hydrogen-bond acceptors (Lipinski definition) is 2. The summed E-state index contributed by atoms with van der Waals surface area (Å²) in [4.78, 5) is 11.6. The Morgan fingerprint density at radius 2 is 1.93 bits per heavy atom. The quantitative estimate of drug-likeness (QED) is 0.577. The molecule has 0 bridgehead atoms. The van der Waals surface area contributed by atoms with Gasteiger partial charge in [0.1, 0.15) is 0 Å². The third kappa shape index (κ3) is 1.00. The Morgan fingerprint density at radius 1 is 1.13 bits per heavy atom. The van der Waals surface area contributed by atoms with Gasteiger partial charge in [-0.3, -0.25) is 4.79 Å². The molecule has 0 saturated carbocycles. The maximum absolute atomic E-state index is 11.6. The van der Waals surface area contributed by atoms with Crippen molar-refractivity contribution in [3.8, 4) is 0 Å². The number of rotatable bonds is 0. The van der Waals surface area contributed by atoms with Crippen LogP contribution in [0.1, 0.15) is 10.4 Å². The number of ketones is 1. The number of carbonyl (C=O) groups excluding carboxylic acids is 1. The highest BCUT2D eigenvalue weighted by molar-refractivity contribution is 6.14. The second-order valence-electron chi connectivity index (χ2n) is 3.47. The zero-order chi connectivity index (χ0) is 10.4. The molecule has 0 fully saturated rings. The van der Waals surface area contributed by atoms with Crippen LogP contribution in [0.2, 0.25) is 0 Å². The second-order valence-corrected chi connectivity index (χ2v) is 3.47. The third-order valence-corrected chi connectivity index (χ3v) is 2.58. The van der Waals surface area contributed by atoms with Crippen molar-refractivity contribution in [2.24, 2.45) is 0 Å². The van der Waals surface area contributed by atoms with Crippen LogP contribution in [-0.4, -0.2) is 5.78 Å². The summed E-state index contributed by atoms with van der Waals surface area (Å²) < 4.78 is 1.51. The van der Waals surface area contributed by atoms with E-state index in [9.17, 15) is 9.90 Å². The topological polar surface area (TPSA) is 44.0 Å². The average molecular weight is 197 g/mol. The minimum Gasteiger partial charge on any atom is -0.823 e. The number of benzene rings is 1. The zero-order valence-corrected chi connectivity index (χ0v) is 7.81. The second kappa shape index (κ2) is 2.67. The molecular weight excluding hydrogens is 190 g/mol. The average Bonchev–Trinajstić information content (AvgIpc) is 2.25. The van der Waals surface area contributed by atoms with Crippen LogP contribution in [0.3, 0.4) is 0 Å². The van der Waals surface area contributed by atoms with Gasteiger partial charge in [-0.25, -0.2) is 0 Å². The number of aromatic nitrogens is 1. The first-order chi connectivity index (χ1) is 7.27. The van der Waals surface area contributed by atoms with Crippen molar-refractivity contribution in [3.63, 3.8) is 0 Å². The standard InChI is InChI=1S/C12H7NO2/c14-10-7-11(15)13-6-2-4-8-3-1-5-9(10)12(8)13/h1-7H. The highest BCUT2D eigenvalue weighted by atomic mass is 16.3. The molecule has 0 radical (unpaired) electrons. The van der Waals surface area contributed by atoms with Crippen LogP contribution in [0.5, 0.6) is 0 Å². The van der Waals surface area contributed by atoms with Gasteiger partial charge < -0.3 is 5.11 Å². The molecule has 0 atom stereocenters. The molecule has 2 heterocycles. The Bertz CT molecular complexity index is 609. The van der Waals surface area contributed by atoms with Gasteiger partial charge in [-0.2, -0.15) is 4.57 Å². The molecule has 3 nitrogen and oxygen atoms in total. The van der Waals surface area contributed by atoms with Crippen molar-refractivity contribution in [2.45, 2.75) is 0 Å². The molecule has 1 aromatic heterocycles. The SMILES string of the molecule is O=C1C=C([O-])[n+]2cccc3cccc1c32. The molecule has 2 aromatic rings. The lowest BCUT2D eigenvalue weighted by Crippen LogP contribution is -2.42. The van der Waals surface area contributed by atoms with Crippen molar-refractivity contribution in [1.82, 2.24) is 0 Å². The maximum atomic E-state index is 11.6. The lowest BCUT2D eigenvalue weighted by Gasteiger charge is -2.13. The number of para-hydroxylation sites is 1. The van der Waals surface area contributed by atoms with Crippen LogP contribution in [0.4, 0.5) is 0 Å². The summed E-state index contributed by atoms with van der Waals surface area (Å²) in [5.41, 5.74) is 1.30. The molecule has 15 heavy (non-hydrogen) atoms. The van der Waals surface area contributed by atoms with E-state index >= 15 is 0 Å². The summed E-state index contributed by atoms with van der Waals surface area (Å²) in [5.74, 6) is -0.485. The van der Waals surface area contributed by atoms with Crippen LogP contribution in [0.15, 0.2) is 42.6 Å². The van der Waals surface area contributed by atoms with Crippen molar-refractivity contribution in [1.29, 1.82) is 0 Å². The highest BCUT2D eigenvalue weighted by Gasteiger charge is 2.22. The van der Waals surface area contributed by atoms with E-state index in [1.165, 1.54) is 4.57 Å². The van der Waals surface area contributed by atoms with E-state index in [1.54, 1.807) is 18.3 Å². The Balaban J connectivity index is 2.57. The Labute approximate surface area is 85.9 Å². The molecule has 0 spiro atoms. The van der Waals surface area contributed by atoms with Gasteiger partial charge in [0.05, 0.1) is 5.56 Å². The van der Waals surface area contributed by atoms with Crippen molar-refractivity contribution >= 4 is 22.6 Å². The molecular formula is C12H7NO2. The number of carbonyl (C=O) groups is 1. The largest absolute Gasteiger partial charge is 0.823 e. The predicted octanol–water partition coefficient (Wildman–Crippen LogP) is 0.482. The highest BCUT2D eigenvalue weighted by Crippen LogP contribution is 2.19.